The van der Waals surface area contributed by atoms with E-state index >= 15 is 0 Å². The maximum absolute atomic E-state index is 6.24. The summed E-state index contributed by atoms with van der Waals surface area (Å²) in [7, 11) is 3.54. The molecule has 0 saturated heterocycles. The van der Waals surface area contributed by atoms with Crippen LogP contribution in [0.25, 0.3) is 0 Å². The molecule has 1 heterocycles. The predicted octanol–water partition coefficient (Wildman–Crippen LogP) is 5.56. The molecule has 3 aromatic rings. The van der Waals surface area contributed by atoms with Gasteiger partial charge >= 0.3 is 0 Å². The van der Waals surface area contributed by atoms with Crippen LogP contribution in [0.1, 0.15) is 24.4 Å². The van der Waals surface area contributed by atoms with Gasteiger partial charge in [-0.25, -0.2) is 0 Å². The van der Waals surface area contributed by atoms with Crippen LogP contribution in [0.5, 0.6) is 11.5 Å². The third-order valence-electron chi connectivity index (χ3n) is 3.98. The Bertz CT molecular complexity index is 933. The van der Waals surface area contributed by atoms with Crippen LogP contribution in [0, 0.1) is 0 Å². The predicted molar refractivity (Wildman–Crippen MR) is 109 cm³/mol. The lowest BCUT2D eigenvalue weighted by Gasteiger charge is -2.16. The van der Waals surface area contributed by atoms with Gasteiger partial charge in [-0.15, -0.1) is 10.2 Å². The molecule has 0 radical (unpaired) electrons. The molecule has 1 unspecified atom stereocenters. The summed E-state index contributed by atoms with van der Waals surface area (Å²) in [5.41, 5.74) is 0.994. The van der Waals surface area contributed by atoms with Gasteiger partial charge in [-0.2, -0.15) is 0 Å². The average molecular weight is 424 g/mol. The molecule has 0 amide bonds. The molecular weight excluding hydrogens is 405 g/mol. The van der Waals surface area contributed by atoms with E-state index in [1.807, 2.05) is 54.9 Å². The highest BCUT2D eigenvalue weighted by Gasteiger charge is 2.19. The molecule has 1 atom stereocenters. The van der Waals surface area contributed by atoms with Crippen LogP contribution in [-0.4, -0.2) is 21.9 Å². The molecule has 0 saturated carbocycles. The Labute approximate surface area is 172 Å². The van der Waals surface area contributed by atoms with E-state index in [0.717, 1.165) is 16.5 Å². The molecule has 0 fully saturated rings. The molecule has 0 spiro atoms. The molecule has 0 N–H and O–H groups in total. The van der Waals surface area contributed by atoms with E-state index in [2.05, 4.69) is 10.2 Å². The first kappa shape index (κ1) is 19.9. The molecule has 0 aliphatic carbocycles. The van der Waals surface area contributed by atoms with Crippen LogP contribution in [0.3, 0.4) is 0 Å². The molecule has 0 aliphatic rings. The third-order valence-corrected chi connectivity index (χ3v) is 5.63. The number of hydrogen-bond donors (Lipinski definition) is 0. The van der Waals surface area contributed by atoms with Crippen molar-refractivity contribution in [3.8, 4) is 11.5 Å². The minimum Gasteiger partial charge on any atom is -0.493 e. The number of hydrogen-bond acceptors (Lipinski definition) is 5. The largest absolute Gasteiger partial charge is 0.493 e. The van der Waals surface area contributed by atoms with E-state index < -0.39 is 0 Å². The fourth-order valence-corrected chi connectivity index (χ4v) is 4.02. The first-order valence-corrected chi connectivity index (χ1v) is 9.99. The molecule has 0 bridgehead atoms. The zero-order valence-corrected chi connectivity index (χ0v) is 17.5. The number of aromatic nitrogens is 3. The zero-order chi connectivity index (χ0) is 19.4. The van der Waals surface area contributed by atoms with Crippen molar-refractivity contribution in [2.45, 2.75) is 23.9 Å². The van der Waals surface area contributed by atoms with Gasteiger partial charge in [0.05, 0.1) is 7.11 Å². The maximum atomic E-state index is 6.24. The molecule has 142 valence electrons. The second-order valence-electron chi connectivity index (χ2n) is 5.84. The van der Waals surface area contributed by atoms with Gasteiger partial charge < -0.3 is 14.0 Å². The number of nitrogens with zero attached hydrogens (tertiary/aromatic N) is 3. The fourth-order valence-electron chi connectivity index (χ4n) is 2.55. The smallest absolute Gasteiger partial charge is 0.191 e. The molecule has 2 aromatic carbocycles. The number of ether oxygens (including phenoxy) is 2. The van der Waals surface area contributed by atoms with Crippen molar-refractivity contribution in [2.24, 2.45) is 7.05 Å². The van der Waals surface area contributed by atoms with Crippen molar-refractivity contribution in [3.63, 3.8) is 0 Å². The van der Waals surface area contributed by atoms with Crippen LogP contribution >= 0.6 is 35.0 Å². The summed E-state index contributed by atoms with van der Waals surface area (Å²) in [6, 6.07) is 13.0. The summed E-state index contributed by atoms with van der Waals surface area (Å²) >= 11 is 13.7. The van der Waals surface area contributed by atoms with Gasteiger partial charge in [-0.1, -0.05) is 53.2 Å². The van der Waals surface area contributed by atoms with Crippen LogP contribution in [-0.2, 0) is 12.8 Å². The number of rotatable bonds is 7. The maximum Gasteiger partial charge on any atom is 0.191 e. The Morgan fingerprint density at radius 3 is 2.56 bits per heavy atom. The van der Waals surface area contributed by atoms with Gasteiger partial charge in [0.1, 0.15) is 0 Å². The van der Waals surface area contributed by atoms with Crippen LogP contribution in [0.4, 0.5) is 0 Å². The molecule has 1 aromatic heterocycles. The first-order valence-electron chi connectivity index (χ1n) is 8.25. The molecule has 8 heteroatoms. The Morgan fingerprint density at radius 2 is 1.85 bits per heavy atom. The second-order valence-corrected chi connectivity index (χ2v) is 7.62. The number of halogens is 2. The molecular formula is C19H19Cl2N3O2S. The lowest BCUT2D eigenvalue weighted by Crippen LogP contribution is -2.10. The Balaban J connectivity index is 1.70. The normalized spacial score (nSPS) is 12.0. The number of thioether (sulfide) groups is 1. The van der Waals surface area contributed by atoms with Crippen molar-refractivity contribution in [1.82, 2.24) is 14.8 Å². The van der Waals surface area contributed by atoms with Gasteiger partial charge in [-0.05, 0) is 36.8 Å². The lowest BCUT2D eigenvalue weighted by molar-refractivity contribution is 0.202. The average Bonchev–Trinajstić information content (AvgIpc) is 3.02. The van der Waals surface area contributed by atoms with Gasteiger partial charge in [0.25, 0.3) is 0 Å². The number of methoxy groups -OCH3 is 1. The quantitative estimate of drug-likeness (QED) is 0.465. The minimum atomic E-state index is -0.285. The summed E-state index contributed by atoms with van der Waals surface area (Å²) < 4.78 is 13.3. The third kappa shape index (κ3) is 4.69. The topological polar surface area (TPSA) is 49.2 Å². The van der Waals surface area contributed by atoms with Crippen LogP contribution in [0.2, 0.25) is 10.0 Å². The Hall–Kier alpha value is -1.89. The summed E-state index contributed by atoms with van der Waals surface area (Å²) in [4.78, 5) is 0. The lowest BCUT2D eigenvalue weighted by atomic mass is 10.2. The van der Waals surface area contributed by atoms with Crippen molar-refractivity contribution >= 4 is 35.0 Å². The standard InChI is InChI=1S/C19H19Cl2N3O2S/c1-12(26-17-7-5-4-6-16(17)25-3)18-22-23-19(24(18)2)27-11-13-8-9-14(20)10-15(13)21/h4-10,12H,11H2,1-3H3. The van der Waals surface area contributed by atoms with E-state index in [0.29, 0.717) is 27.3 Å². The van der Waals surface area contributed by atoms with Gasteiger partial charge in [0, 0.05) is 22.8 Å². The monoisotopic (exact) mass is 423 g/mol. The SMILES string of the molecule is COc1ccccc1OC(C)c1nnc(SCc2ccc(Cl)cc2Cl)n1C. The second kappa shape index (κ2) is 8.87. The van der Waals surface area contributed by atoms with Gasteiger partial charge in [0.2, 0.25) is 0 Å². The van der Waals surface area contributed by atoms with E-state index in [9.17, 15) is 0 Å². The highest BCUT2D eigenvalue weighted by molar-refractivity contribution is 7.98. The molecule has 3 rings (SSSR count). The Morgan fingerprint density at radius 1 is 1.11 bits per heavy atom. The summed E-state index contributed by atoms with van der Waals surface area (Å²) in [5.74, 6) is 2.74. The van der Waals surface area contributed by atoms with Crippen molar-refractivity contribution in [2.75, 3.05) is 7.11 Å². The van der Waals surface area contributed by atoms with Crippen molar-refractivity contribution < 1.29 is 9.47 Å². The summed E-state index contributed by atoms with van der Waals surface area (Å²) in [5, 5.41) is 10.6. The van der Waals surface area contributed by atoms with Gasteiger partial charge in [0.15, 0.2) is 28.6 Å². The van der Waals surface area contributed by atoms with Crippen molar-refractivity contribution in [3.05, 3.63) is 63.9 Å². The number of para-hydroxylation sites is 2. The molecule has 0 aliphatic heterocycles. The van der Waals surface area contributed by atoms with Crippen LogP contribution < -0.4 is 9.47 Å². The fraction of sp³-hybridized carbons (Fsp3) is 0.263. The summed E-state index contributed by atoms with van der Waals surface area (Å²) in [6.45, 7) is 1.93. The highest BCUT2D eigenvalue weighted by atomic mass is 35.5. The highest BCUT2D eigenvalue weighted by Crippen LogP contribution is 2.32. The van der Waals surface area contributed by atoms with E-state index in [1.165, 1.54) is 0 Å². The first-order chi connectivity index (χ1) is 13.0. The van der Waals surface area contributed by atoms with Crippen LogP contribution in [0.15, 0.2) is 47.6 Å². The summed E-state index contributed by atoms with van der Waals surface area (Å²) in [6.07, 6.45) is -0.285. The molecule has 5 nitrogen and oxygen atoms in total. The van der Waals surface area contributed by atoms with E-state index in [-0.39, 0.29) is 6.10 Å². The Kier molecular flexibility index (Phi) is 6.52. The van der Waals surface area contributed by atoms with Crippen molar-refractivity contribution in [1.29, 1.82) is 0 Å². The molecule has 27 heavy (non-hydrogen) atoms. The zero-order valence-electron chi connectivity index (χ0n) is 15.1. The van der Waals surface area contributed by atoms with E-state index in [4.69, 9.17) is 32.7 Å². The number of benzene rings is 2. The minimum absolute atomic E-state index is 0.285. The van der Waals surface area contributed by atoms with Gasteiger partial charge in [-0.3, -0.25) is 0 Å². The van der Waals surface area contributed by atoms with E-state index in [1.54, 1.807) is 24.9 Å².